The van der Waals surface area contributed by atoms with Gasteiger partial charge in [-0.15, -0.1) is 11.3 Å². The molecule has 19 heavy (non-hydrogen) atoms. The zero-order valence-electron chi connectivity index (χ0n) is 10.8. The first-order valence-electron chi connectivity index (χ1n) is 5.90. The highest BCUT2D eigenvalue weighted by Crippen LogP contribution is 2.26. The third kappa shape index (κ3) is 2.88. The number of nitrogens with two attached hydrogens (primary N) is 1. The molecule has 0 aliphatic heterocycles. The van der Waals surface area contributed by atoms with Gasteiger partial charge in [0, 0.05) is 4.88 Å². The van der Waals surface area contributed by atoms with Gasteiger partial charge < -0.3 is 15.8 Å². The monoisotopic (exact) mass is 276 g/mol. The summed E-state index contributed by atoms with van der Waals surface area (Å²) < 4.78 is 5.19. The van der Waals surface area contributed by atoms with Gasteiger partial charge in [-0.25, -0.2) is 0 Å². The van der Waals surface area contributed by atoms with Crippen LogP contribution < -0.4 is 15.8 Å². The number of ether oxygens (including phenoxy) is 1. The topological polar surface area (TPSA) is 64.3 Å². The van der Waals surface area contributed by atoms with Crippen LogP contribution >= 0.6 is 11.3 Å². The molecule has 0 aliphatic carbocycles. The third-order valence-electron chi connectivity index (χ3n) is 2.81. The number of carbonyl (C=O) groups excluding carboxylic acids is 1. The van der Waals surface area contributed by atoms with Gasteiger partial charge >= 0.3 is 0 Å². The number of amides is 1. The van der Waals surface area contributed by atoms with Gasteiger partial charge in [0.05, 0.1) is 24.4 Å². The van der Waals surface area contributed by atoms with Crippen LogP contribution in [0.1, 0.15) is 28.2 Å². The van der Waals surface area contributed by atoms with E-state index in [9.17, 15) is 4.79 Å². The Balaban J connectivity index is 2.19. The minimum absolute atomic E-state index is 0.0429. The first-order valence-corrected chi connectivity index (χ1v) is 6.78. The van der Waals surface area contributed by atoms with Crippen molar-refractivity contribution in [1.29, 1.82) is 0 Å². The van der Waals surface area contributed by atoms with Crippen molar-refractivity contribution in [3.63, 3.8) is 0 Å². The zero-order chi connectivity index (χ0) is 13.8. The van der Waals surface area contributed by atoms with Gasteiger partial charge in [0.15, 0.2) is 5.75 Å². The summed E-state index contributed by atoms with van der Waals surface area (Å²) in [7, 11) is 1.51. The molecule has 100 valence electrons. The summed E-state index contributed by atoms with van der Waals surface area (Å²) in [6.45, 7) is 1.95. The Labute approximate surface area is 116 Å². The van der Waals surface area contributed by atoms with Gasteiger partial charge in [0.25, 0.3) is 5.91 Å². The lowest BCUT2D eigenvalue weighted by atomic mass is 10.1. The zero-order valence-corrected chi connectivity index (χ0v) is 11.7. The molecule has 1 aromatic heterocycles. The highest BCUT2D eigenvalue weighted by molar-refractivity contribution is 7.10. The lowest BCUT2D eigenvalue weighted by Gasteiger charge is -2.15. The van der Waals surface area contributed by atoms with Crippen molar-refractivity contribution in [2.45, 2.75) is 13.0 Å². The van der Waals surface area contributed by atoms with E-state index in [0.717, 1.165) is 4.88 Å². The molecule has 1 unspecified atom stereocenters. The summed E-state index contributed by atoms with van der Waals surface area (Å²) in [5.74, 6) is 0.225. The molecular weight excluding hydrogens is 260 g/mol. The molecule has 0 saturated carbocycles. The molecule has 1 amide bonds. The SMILES string of the molecule is COc1c(N)cccc1C(=O)NC(C)c1cccs1. The van der Waals surface area contributed by atoms with Crippen LogP contribution in [0.25, 0.3) is 0 Å². The Morgan fingerprint density at radius 2 is 2.16 bits per heavy atom. The number of anilines is 1. The van der Waals surface area contributed by atoms with Crippen LogP contribution in [0.5, 0.6) is 5.75 Å². The number of methoxy groups -OCH3 is 1. The van der Waals surface area contributed by atoms with Crippen LogP contribution in [-0.2, 0) is 0 Å². The fourth-order valence-electron chi connectivity index (χ4n) is 1.84. The Morgan fingerprint density at radius 3 is 2.79 bits per heavy atom. The number of para-hydroxylation sites is 1. The molecule has 5 heteroatoms. The van der Waals surface area contributed by atoms with Crippen molar-refractivity contribution in [3.05, 3.63) is 46.2 Å². The van der Waals surface area contributed by atoms with Crippen LogP contribution in [0.4, 0.5) is 5.69 Å². The van der Waals surface area contributed by atoms with Gasteiger partial charge in [-0.1, -0.05) is 12.1 Å². The van der Waals surface area contributed by atoms with Crippen molar-refractivity contribution in [2.24, 2.45) is 0 Å². The maximum atomic E-state index is 12.2. The standard InChI is InChI=1S/C14H16N2O2S/c1-9(12-7-4-8-19-12)16-14(17)10-5-3-6-11(15)13(10)18-2/h3-9H,15H2,1-2H3,(H,16,17). The fraction of sp³-hybridized carbons (Fsp3) is 0.214. The number of thiophene rings is 1. The summed E-state index contributed by atoms with van der Waals surface area (Å²) in [5.41, 5.74) is 6.70. The molecule has 0 spiro atoms. The van der Waals surface area contributed by atoms with Gasteiger partial charge in [0.2, 0.25) is 0 Å². The largest absolute Gasteiger partial charge is 0.494 e. The van der Waals surface area contributed by atoms with Crippen molar-refractivity contribution < 1.29 is 9.53 Å². The van der Waals surface area contributed by atoms with E-state index in [4.69, 9.17) is 10.5 Å². The maximum Gasteiger partial charge on any atom is 0.255 e. The van der Waals surface area contributed by atoms with Gasteiger partial charge in [-0.3, -0.25) is 4.79 Å². The molecule has 0 aliphatic rings. The quantitative estimate of drug-likeness (QED) is 0.844. The highest BCUT2D eigenvalue weighted by atomic mass is 32.1. The van der Waals surface area contributed by atoms with Crippen molar-refractivity contribution in [1.82, 2.24) is 5.32 Å². The van der Waals surface area contributed by atoms with Crippen LogP contribution in [0, 0.1) is 0 Å². The van der Waals surface area contributed by atoms with E-state index in [1.807, 2.05) is 24.4 Å². The molecule has 0 fully saturated rings. The molecule has 0 saturated heterocycles. The summed E-state index contributed by atoms with van der Waals surface area (Å²) in [6, 6.07) is 9.06. The number of hydrogen-bond donors (Lipinski definition) is 2. The highest BCUT2D eigenvalue weighted by Gasteiger charge is 2.17. The summed E-state index contributed by atoms with van der Waals surface area (Å²) in [4.78, 5) is 13.3. The second-order valence-electron chi connectivity index (χ2n) is 4.14. The smallest absolute Gasteiger partial charge is 0.255 e. The van der Waals surface area contributed by atoms with Crippen molar-refractivity contribution in [2.75, 3.05) is 12.8 Å². The molecule has 1 aromatic carbocycles. The van der Waals surface area contributed by atoms with Crippen LogP contribution in [-0.4, -0.2) is 13.0 Å². The molecule has 4 nitrogen and oxygen atoms in total. The van der Waals surface area contributed by atoms with E-state index in [-0.39, 0.29) is 11.9 Å². The van der Waals surface area contributed by atoms with Gasteiger partial charge in [-0.2, -0.15) is 0 Å². The van der Waals surface area contributed by atoms with Crippen molar-refractivity contribution in [3.8, 4) is 5.75 Å². The summed E-state index contributed by atoms with van der Waals surface area (Å²) >= 11 is 1.61. The first kappa shape index (κ1) is 13.4. The number of nitrogen functional groups attached to an aromatic ring is 1. The van der Waals surface area contributed by atoms with E-state index >= 15 is 0 Å². The summed E-state index contributed by atoms with van der Waals surface area (Å²) in [6.07, 6.45) is 0. The molecular formula is C14H16N2O2S. The third-order valence-corrected chi connectivity index (χ3v) is 3.87. The molecule has 1 atom stereocenters. The number of hydrogen-bond acceptors (Lipinski definition) is 4. The lowest BCUT2D eigenvalue weighted by molar-refractivity contribution is 0.0937. The number of benzene rings is 1. The Hall–Kier alpha value is -2.01. The molecule has 0 bridgehead atoms. The first-order chi connectivity index (χ1) is 9.13. The number of nitrogens with one attached hydrogen (secondary N) is 1. The number of carbonyl (C=O) groups is 1. The van der Waals surface area contributed by atoms with Gasteiger partial charge in [0.1, 0.15) is 0 Å². The van der Waals surface area contributed by atoms with Gasteiger partial charge in [-0.05, 0) is 30.5 Å². The molecule has 3 N–H and O–H groups in total. The second-order valence-corrected chi connectivity index (χ2v) is 5.12. The second kappa shape index (κ2) is 5.75. The lowest BCUT2D eigenvalue weighted by Crippen LogP contribution is -2.26. The van der Waals surface area contributed by atoms with E-state index in [2.05, 4.69) is 5.32 Å². The van der Waals surface area contributed by atoms with E-state index in [1.54, 1.807) is 29.5 Å². The minimum Gasteiger partial charge on any atom is -0.494 e. The van der Waals surface area contributed by atoms with E-state index in [1.165, 1.54) is 7.11 Å². The van der Waals surface area contributed by atoms with E-state index in [0.29, 0.717) is 17.0 Å². The maximum absolute atomic E-state index is 12.2. The number of rotatable bonds is 4. The van der Waals surface area contributed by atoms with Crippen LogP contribution in [0.2, 0.25) is 0 Å². The molecule has 1 heterocycles. The Bertz CT molecular complexity index is 567. The normalized spacial score (nSPS) is 11.9. The van der Waals surface area contributed by atoms with Crippen LogP contribution in [0.3, 0.4) is 0 Å². The molecule has 2 rings (SSSR count). The molecule has 2 aromatic rings. The predicted octanol–water partition coefficient (Wildman–Crippen LogP) is 2.83. The average Bonchev–Trinajstić information content (AvgIpc) is 2.92. The Kier molecular flexibility index (Phi) is 4.06. The average molecular weight is 276 g/mol. The fourth-order valence-corrected chi connectivity index (χ4v) is 2.58. The van der Waals surface area contributed by atoms with E-state index < -0.39 is 0 Å². The van der Waals surface area contributed by atoms with Crippen LogP contribution in [0.15, 0.2) is 35.7 Å². The molecule has 0 radical (unpaired) electrons. The van der Waals surface area contributed by atoms with Crippen molar-refractivity contribution >= 4 is 22.9 Å². The Morgan fingerprint density at radius 1 is 1.37 bits per heavy atom. The minimum atomic E-state index is -0.190. The predicted molar refractivity (Wildman–Crippen MR) is 77.6 cm³/mol. The summed E-state index contributed by atoms with van der Waals surface area (Å²) in [5, 5.41) is 4.92.